The zero-order valence-electron chi connectivity index (χ0n) is 9.18. The van der Waals surface area contributed by atoms with Gasteiger partial charge >= 0.3 is 12.1 Å². The molecule has 0 spiro atoms. The number of aromatic carboxylic acids is 1. The second-order valence-corrected chi connectivity index (χ2v) is 3.25. The summed E-state index contributed by atoms with van der Waals surface area (Å²) in [6.45, 7) is 3.77. The van der Waals surface area contributed by atoms with Crippen molar-refractivity contribution in [1.29, 1.82) is 0 Å². The van der Waals surface area contributed by atoms with Crippen LogP contribution in [-0.2, 0) is 11.3 Å². The summed E-state index contributed by atoms with van der Waals surface area (Å²) in [5.74, 6) is -0.999. The zero-order chi connectivity index (χ0) is 12.7. The number of hydrogen-bond acceptors (Lipinski definition) is 3. The molecule has 0 unspecified atom stereocenters. The molecule has 17 heavy (non-hydrogen) atoms. The molecule has 1 aromatic rings. The second-order valence-electron chi connectivity index (χ2n) is 3.25. The number of amides is 1. The van der Waals surface area contributed by atoms with Crippen LogP contribution in [0.2, 0.25) is 0 Å². The molecule has 0 aliphatic carbocycles. The molecule has 0 aliphatic rings. The Kier molecular flexibility index (Phi) is 4.75. The number of benzene rings is 1. The molecule has 5 nitrogen and oxygen atoms in total. The number of carboxylic acid groups (broad SMARTS) is 1. The van der Waals surface area contributed by atoms with Crippen molar-refractivity contribution in [3.63, 3.8) is 0 Å². The molecule has 0 aromatic heterocycles. The molecule has 1 aromatic carbocycles. The summed E-state index contributed by atoms with van der Waals surface area (Å²) in [5, 5.41) is 11.3. The molecule has 1 amide bonds. The highest BCUT2D eigenvalue weighted by atomic mass is 16.5. The highest BCUT2D eigenvalue weighted by Crippen LogP contribution is 2.05. The molecule has 0 radical (unpaired) electrons. The lowest BCUT2D eigenvalue weighted by atomic mass is 10.1. The molecule has 1 rings (SSSR count). The van der Waals surface area contributed by atoms with Gasteiger partial charge in [-0.1, -0.05) is 24.8 Å². The molecule has 90 valence electrons. The van der Waals surface area contributed by atoms with Gasteiger partial charge in [0.2, 0.25) is 0 Å². The van der Waals surface area contributed by atoms with Gasteiger partial charge in [0, 0.05) is 6.54 Å². The van der Waals surface area contributed by atoms with Crippen molar-refractivity contribution in [1.82, 2.24) is 5.32 Å². The Morgan fingerprint density at radius 2 is 2.24 bits per heavy atom. The third kappa shape index (κ3) is 4.38. The lowest BCUT2D eigenvalue weighted by Gasteiger charge is -2.05. The molecule has 0 aliphatic heterocycles. The van der Waals surface area contributed by atoms with Crippen LogP contribution in [0.4, 0.5) is 4.79 Å². The van der Waals surface area contributed by atoms with Crippen LogP contribution in [0, 0.1) is 0 Å². The summed E-state index contributed by atoms with van der Waals surface area (Å²) in [7, 11) is 0. The van der Waals surface area contributed by atoms with Crippen LogP contribution in [0.1, 0.15) is 15.9 Å². The van der Waals surface area contributed by atoms with E-state index in [2.05, 4.69) is 11.9 Å². The minimum Gasteiger partial charge on any atom is -0.478 e. The fourth-order valence-electron chi connectivity index (χ4n) is 1.17. The van der Waals surface area contributed by atoms with Gasteiger partial charge in [0.05, 0.1) is 5.56 Å². The van der Waals surface area contributed by atoms with Crippen molar-refractivity contribution in [3.8, 4) is 0 Å². The fraction of sp³-hybridized carbons (Fsp3) is 0.167. The first kappa shape index (κ1) is 12.8. The third-order valence-corrected chi connectivity index (χ3v) is 1.94. The highest BCUT2D eigenvalue weighted by Gasteiger charge is 2.04. The van der Waals surface area contributed by atoms with Gasteiger partial charge in [-0.25, -0.2) is 9.59 Å². The maximum absolute atomic E-state index is 11.1. The Labute approximate surface area is 98.7 Å². The van der Waals surface area contributed by atoms with Crippen molar-refractivity contribution in [2.24, 2.45) is 0 Å². The van der Waals surface area contributed by atoms with E-state index in [-0.39, 0.29) is 18.7 Å². The zero-order valence-corrected chi connectivity index (χ0v) is 9.18. The predicted octanol–water partition coefficient (Wildman–Crippen LogP) is 1.80. The van der Waals surface area contributed by atoms with Gasteiger partial charge < -0.3 is 15.2 Å². The van der Waals surface area contributed by atoms with Gasteiger partial charge in [0.1, 0.15) is 6.61 Å². The van der Waals surface area contributed by atoms with Crippen LogP contribution in [-0.4, -0.2) is 23.8 Å². The van der Waals surface area contributed by atoms with E-state index in [1.54, 1.807) is 12.1 Å². The Balaban J connectivity index is 2.51. The second kappa shape index (κ2) is 6.32. The van der Waals surface area contributed by atoms with E-state index in [4.69, 9.17) is 9.84 Å². The fourth-order valence-corrected chi connectivity index (χ4v) is 1.17. The molecule has 5 heteroatoms. The van der Waals surface area contributed by atoms with Gasteiger partial charge in [0.25, 0.3) is 0 Å². The number of nitrogens with one attached hydrogen (secondary N) is 1. The van der Waals surface area contributed by atoms with E-state index >= 15 is 0 Å². The number of ether oxygens (including phenoxy) is 1. The quantitative estimate of drug-likeness (QED) is 0.763. The Morgan fingerprint density at radius 3 is 2.88 bits per heavy atom. The first-order valence-corrected chi connectivity index (χ1v) is 4.97. The van der Waals surface area contributed by atoms with Gasteiger partial charge in [-0.05, 0) is 17.7 Å². The molecule has 0 saturated heterocycles. The monoisotopic (exact) mass is 235 g/mol. The molecule has 0 bridgehead atoms. The third-order valence-electron chi connectivity index (χ3n) is 1.94. The number of carbonyl (C=O) groups is 2. The average molecular weight is 235 g/mol. The normalized spacial score (nSPS) is 9.41. The number of alkyl carbamates (subject to hydrolysis) is 1. The van der Waals surface area contributed by atoms with Crippen LogP contribution in [0.15, 0.2) is 36.9 Å². The number of rotatable bonds is 5. The number of carboxylic acids is 1. The standard InChI is InChI=1S/C12H13NO4/c1-2-6-17-12(16)13-8-9-4-3-5-10(7-9)11(14)15/h2-5,7H,1,6,8H2,(H,13,16)(H,14,15). The molecular weight excluding hydrogens is 222 g/mol. The van der Waals surface area contributed by atoms with Crippen LogP contribution >= 0.6 is 0 Å². The summed E-state index contributed by atoms with van der Waals surface area (Å²) in [5.41, 5.74) is 0.879. The average Bonchev–Trinajstić information content (AvgIpc) is 2.34. The predicted molar refractivity (Wildman–Crippen MR) is 61.8 cm³/mol. The maximum atomic E-state index is 11.1. The summed E-state index contributed by atoms with van der Waals surface area (Å²) >= 11 is 0. The van der Waals surface area contributed by atoms with Gasteiger partial charge in [0.15, 0.2) is 0 Å². The van der Waals surface area contributed by atoms with Gasteiger partial charge in [-0.15, -0.1) is 0 Å². The highest BCUT2D eigenvalue weighted by molar-refractivity contribution is 5.87. The summed E-state index contributed by atoms with van der Waals surface area (Å²) in [6, 6.07) is 6.33. The molecule has 0 saturated carbocycles. The summed E-state index contributed by atoms with van der Waals surface area (Å²) in [4.78, 5) is 21.8. The Hall–Kier alpha value is -2.30. The number of hydrogen-bond donors (Lipinski definition) is 2. The SMILES string of the molecule is C=CCOC(=O)NCc1cccc(C(=O)O)c1. The van der Waals surface area contributed by atoms with E-state index in [0.717, 1.165) is 0 Å². The molecule has 0 fully saturated rings. The smallest absolute Gasteiger partial charge is 0.407 e. The van der Waals surface area contributed by atoms with Crippen LogP contribution in [0.25, 0.3) is 0 Å². The van der Waals surface area contributed by atoms with Crippen molar-refractivity contribution < 1.29 is 19.4 Å². The van der Waals surface area contributed by atoms with Gasteiger partial charge in [-0.3, -0.25) is 0 Å². The minimum atomic E-state index is -0.999. The van der Waals surface area contributed by atoms with Crippen molar-refractivity contribution in [2.45, 2.75) is 6.54 Å². The molecule has 2 N–H and O–H groups in total. The first-order chi connectivity index (χ1) is 8.13. The van der Waals surface area contributed by atoms with Crippen molar-refractivity contribution in [2.75, 3.05) is 6.61 Å². The van der Waals surface area contributed by atoms with Gasteiger partial charge in [-0.2, -0.15) is 0 Å². The largest absolute Gasteiger partial charge is 0.478 e. The van der Waals surface area contributed by atoms with E-state index in [9.17, 15) is 9.59 Å². The molecular formula is C12H13NO4. The van der Waals surface area contributed by atoms with Crippen LogP contribution in [0.3, 0.4) is 0 Å². The molecule has 0 heterocycles. The summed E-state index contributed by atoms with van der Waals surface area (Å²) in [6.07, 6.45) is 0.899. The van der Waals surface area contributed by atoms with Crippen molar-refractivity contribution >= 4 is 12.1 Å². The van der Waals surface area contributed by atoms with E-state index in [0.29, 0.717) is 5.56 Å². The molecule has 0 atom stereocenters. The van der Waals surface area contributed by atoms with E-state index in [1.165, 1.54) is 18.2 Å². The van der Waals surface area contributed by atoms with Crippen molar-refractivity contribution in [3.05, 3.63) is 48.0 Å². The van der Waals surface area contributed by atoms with E-state index in [1.807, 2.05) is 0 Å². The van der Waals surface area contributed by atoms with E-state index < -0.39 is 12.1 Å². The first-order valence-electron chi connectivity index (χ1n) is 4.97. The topological polar surface area (TPSA) is 75.6 Å². The maximum Gasteiger partial charge on any atom is 0.407 e. The lowest BCUT2D eigenvalue weighted by Crippen LogP contribution is -2.23. The van der Waals surface area contributed by atoms with Crippen LogP contribution < -0.4 is 5.32 Å². The Morgan fingerprint density at radius 1 is 1.47 bits per heavy atom. The Bertz CT molecular complexity index is 428. The van der Waals surface area contributed by atoms with Crippen LogP contribution in [0.5, 0.6) is 0 Å². The number of carbonyl (C=O) groups excluding carboxylic acids is 1. The summed E-state index contributed by atoms with van der Waals surface area (Å²) < 4.78 is 4.71. The minimum absolute atomic E-state index is 0.140. The lowest BCUT2D eigenvalue weighted by molar-refractivity contribution is 0.0696.